The highest BCUT2D eigenvalue weighted by atomic mass is 15.2. The van der Waals surface area contributed by atoms with Crippen molar-refractivity contribution in [1.82, 2.24) is 9.80 Å². The van der Waals surface area contributed by atoms with Gasteiger partial charge in [0.05, 0.1) is 0 Å². The zero-order valence-electron chi connectivity index (χ0n) is 11.8. The number of nitrogens with two attached hydrogens (primary N) is 1. The topological polar surface area (TPSA) is 32.5 Å². The summed E-state index contributed by atoms with van der Waals surface area (Å²) in [5.74, 6) is 0. The van der Waals surface area contributed by atoms with Crippen LogP contribution in [0.25, 0.3) is 0 Å². The lowest BCUT2D eigenvalue weighted by Crippen LogP contribution is -2.41. The normalized spacial score (nSPS) is 18.4. The zero-order valence-corrected chi connectivity index (χ0v) is 11.8. The minimum absolute atomic E-state index is 0.712. The third kappa shape index (κ3) is 3.24. The predicted octanol–water partition coefficient (Wildman–Crippen LogP) is 2.10. The van der Waals surface area contributed by atoms with E-state index in [0.29, 0.717) is 6.04 Å². The van der Waals surface area contributed by atoms with E-state index in [1.807, 2.05) is 0 Å². The van der Waals surface area contributed by atoms with Crippen molar-refractivity contribution in [3.63, 3.8) is 0 Å². The molecule has 1 aliphatic heterocycles. The minimum atomic E-state index is 0.712. The first-order valence-corrected chi connectivity index (χ1v) is 6.80. The Hall–Kier alpha value is -1.06. The van der Waals surface area contributed by atoms with Gasteiger partial charge < -0.3 is 10.6 Å². The van der Waals surface area contributed by atoms with E-state index in [0.717, 1.165) is 12.2 Å². The molecule has 2 N–H and O–H groups in total. The third-order valence-corrected chi connectivity index (χ3v) is 4.09. The quantitative estimate of drug-likeness (QED) is 0.830. The van der Waals surface area contributed by atoms with Crippen molar-refractivity contribution >= 4 is 5.69 Å². The first kappa shape index (κ1) is 13.4. The maximum Gasteiger partial charge on any atom is 0.0346 e. The van der Waals surface area contributed by atoms with Gasteiger partial charge in [0.15, 0.2) is 0 Å². The number of hydrogen-bond acceptors (Lipinski definition) is 3. The third-order valence-electron chi connectivity index (χ3n) is 4.09. The Balaban J connectivity index is 1.94. The maximum atomic E-state index is 5.97. The highest BCUT2D eigenvalue weighted by molar-refractivity contribution is 5.48. The summed E-state index contributed by atoms with van der Waals surface area (Å²) < 4.78 is 0. The molecule has 1 heterocycles. The molecular formula is C15H25N3. The first-order chi connectivity index (χ1) is 8.56. The van der Waals surface area contributed by atoms with E-state index in [1.54, 1.807) is 0 Å². The maximum absolute atomic E-state index is 5.97. The summed E-state index contributed by atoms with van der Waals surface area (Å²) in [5, 5.41) is 0. The molecule has 0 saturated carbocycles. The number of piperidine rings is 1. The van der Waals surface area contributed by atoms with Gasteiger partial charge in [-0.1, -0.05) is 12.1 Å². The number of benzene rings is 1. The van der Waals surface area contributed by atoms with E-state index < -0.39 is 0 Å². The summed E-state index contributed by atoms with van der Waals surface area (Å²) in [6.07, 6.45) is 2.54. The molecule has 18 heavy (non-hydrogen) atoms. The lowest BCUT2D eigenvalue weighted by atomic mass is 10.0. The average Bonchev–Trinajstić information content (AvgIpc) is 2.34. The molecule has 2 rings (SSSR count). The van der Waals surface area contributed by atoms with E-state index in [1.165, 1.54) is 37.1 Å². The molecule has 0 atom stereocenters. The van der Waals surface area contributed by atoms with Crippen LogP contribution >= 0.6 is 0 Å². The number of rotatable bonds is 3. The lowest BCUT2D eigenvalue weighted by molar-refractivity contribution is 0.139. The van der Waals surface area contributed by atoms with Gasteiger partial charge in [-0.05, 0) is 64.1 Å². The second-order valence-corrected chi connectivity index (χ2v) is 5.64. The molecular weight excluding hydrogens is 222 g/mol. The standard InChI is InChI=1S/C15H25N3/c1-12-4-5-13(10-15(12)16)11-18(3)14-6-8-17(2)9-7-14/h4-5,10,14H,6-9,11,16H2,1-3H3. The molecule has 0 radical (unpaired) electrons. The Morgan fingerprint density at radius 2 is 2.00 bits per heavy atom. The number of anilines is 1. The summed E-state index contributed by atoms with van der Waals surface area (Å²) in [4.78, 5) is 4.88. The molecule has 0 aromatic heterocycles. The van der Waals surface area contributed by atoms with E-state index in [-0.39, 0.29) is 0 Å². The molecule has 1 aliphatic rings. The van der Waals surface area contributed by atoms with Crippen molar-refractivity contribution in [1.29, 1.82) is 0 Å². The summed E-state index contributed by atoms with van der Waals surface area (Å²) in [7, 11) is 4.43. The summed E-state index contributed by atoms with van der Waals surface area (Å²) in [6, 6.07) is 7.13. The van der Waals surface area contributed by atoms with Crippen LogP contribution < -0.4 is 5.73 Å². The van der Waals surface area contributed by atoms with Gasteiger partial charge in [0.1, 0.15) is 0 Å². The Bertz CT molecular complexity index is 395. The molecule has 0 aliphatic carbocycles. The fourth-order valence-electron chi connectivity index (χ4n) is 2.64. The van der Waals surface area contributed by atoms with Crippen LogP contribution in [0.4, 0.5) is 5.69 Å². The molecule has 1 aromatic carbocycles. The highest BCUT2D eigenvalue weighted by Gasteiger charge is 2.20. The van der Waals surface area contributed by atoms with Gasteiger partial charge in [0.2, 0.25) is 0 Å². The number of nitrogens with zero attached hydrogens (tertiary/aromatic N) is 2. The number of nitrogen functional groups attached to an aromatic ring is 1. The van der Waals surface area contributed by atoms with Crippen molar-refractivity contribution in [2.75, 3.05) is 32.9 Å². The van der Waals surface area contributed by atoms with Crippen LogP contribution in [0.1, 0.15) is 24.0 Å². The summed E-state index contributed by atoms with van der Waals surface area (Å²) >= 11 is 0. The van der Waals surface area contributed by atoms with Gasteiger partial charge in [-0.3, -0.25) is 4.90 Å². The molecule has 0 bridgehead atoms. The van der Waals surface area contributed by atoms with E-state index >= 15 is 0 Å². The van der Waals surface area contributed by atoms with Gasteiger partial charge in [-0.15, -0.1) is 0 Å². The van der Waals surface area contributed by atoms with Crippen molar-refractivity contribution in [2.24, 2.45) is 0 Å². The number of likely N-dealkylation sites (tertiary alicyclic amines) is 1. The van der Waals surface area contributed by atoms with Gasteiger partial charge in [-0.2, -0.15) is 0 Å². The predicted molar refractivity (Wildman–Crippen MR) is 77.6 cm³/mol. The largest absolute Gasteiger partial charge is 0.399 e. The van der Waals surface area contributed by atoms with Gasteiger partial charge >= 0.3 is 0 Å². The highest BCUT2D eigenvalue weighted by Crippen LogP contribution is 2.19. The SMILES string of the molecule is Cc1ccc(CN(C)C2CCN(C)CC2)cc1N. The van der Waals surface area contributed by atoms with Crippen LogP contribution in [0.3, 0.4) is 0 Å². The van der Waals surface area contributed by atoms with Crippen LogP contribution in [-0.2, 0) is 6.54 Å². The van der Waals surface area contributed by atoms with Crippen molar-refractivity contribution in [3.8, 4) is 0 Å². The van der Waals surface area contributed by atoms with Crippen LogP contribution in [0.2, 0.25) is 0 Å². The zero-order chi connectivity index (χ0) is 13.1. The molecule has 100 valence electrons. The Kier molecular flexibility index (Phi) is 4.25. The molecule has 3 nitrogen and oxygen atoms in total. The fourth-order valence-corrected chi connectivity index (χ4v) is 2.64. The van der Waals surface area contributed by atoms with Crippen molar-refractivity contribution < 1.29 is 0 Å². The van der Waals surface area contributed by atoms with Gasteiger partial charge in [0.25, 0.3) is 0 Å². The smallest absolute Gasteiger partial charge is 0.0346 e. The molecule has 1 saturated heterocycles. The molecule has 0 spiro atoms. The fraction of sp³-hybridized carbons (Fsp3) is 0.600. The number of hydrogen-bond donors (Lipinski definition) is 1. The Morgan fingerprint density at radius 1 is 1.33 bits per heavy atom. The molecule has 3 heteroatoms. The molecule has 0 amide bonds. The lowest BCUT2D eigenvalue weighted by Gasteiger charge is -2.35. The Morgan fingerprint density at radius 3 is 2.61 bits per heavy atom. The van der Waals surface area contributed by atoms with Gasteiger partial charge in [-0.25, -0.2) is 0 Å². The van der Waals surface area contributed by atoms with Crippen LogP contribution in [0.15, 0.2) is 18.2 Å². The average molecular weight is 247 g/mol. The first-order valence-electron chi connectivity index (χ1n) is 6.80. The molecule has 0 unspecified atom stereocenters. The minimum Gasteiger partial charge on any atom is -0.399 e. The number of aryl methyl sites for hydroxylation is 1. The van der Waals surface area contributed by atoms with E-state index in [9.17, 15) is 0 Å². The Labute approximate surface area is 111 Å². The second kappa shape index (κ2) is 5.72. The van der Waals surface area contributed by atoms with Crippen LogP contribution in [-0.4, -0.2) is 43.0 Å². The van der Waals surface area contributed by atoms with Crippen LogP contribution in [0.5, 0.6) is 0 Å². The monoisotopic (exact) mass is 247 g/mol. The summed E-state index contributed by atoms with van der Waals surface area (Å²) in [5.41, 5.74) is 9.36. The van der Waals surface area contributed by atoms with Gasteiger partial charge in [0, 0.05) is 18.3 Å². The van der Waals surface area contributed by atoms with E-state index in [4.69, 9.17) is 5.73 Å². The van der Waals surface area contributed by atoms with E-state index in [2.05, 4.69) is 49.0 Å². The van der Waals surface area contributed by atoms with Crippen molar-refractivity contribution in [3.05, 3.63) is 29.3 Å². The molecule has 1 aromatic rings. The second-order valence-electron chi connectivity index (χ2n) is 5.64. The van der Waals surface area contributed by atoms with Crippen molar-refractivity contribution in [2.45, 2.75) is 32.4 Å². The van der Waals surface area contributed by atoms with Crippen LogP contribution in [0, 0.1) is 6.92 Å². The summed E-state index contributed by atoms with van der Waals surface area (Å²) in [6.45, 7) is 5.48. The molecule has 1 fully saturated rings.